The van der Waals surface area contributed by atoms with E-state index in [4.69, 9.17) is 0 Å². The Labute approximate surface area is 115 Å². The van der Waals surface area contributed by atoms with Gasteiger partial charge in [-0.05, 0) is 40.3 Å². The molecule has 0 aromatic heterocycles. The van der Waals surface area contributed by atoms with Crippen LogP contribution in [0.25, 0.3) is 33.7 Å². The Bertz CT molecular complexity index is 957. The molecule has 3 aromatic rings. The van der Waals surface area contributed by atoms with Crippen molar-refractivity contribution in [3.05, 3.63) is 65.1 Å². The van der Waals surface area contributed by atoms with E-state index in [9.17, 15) is 10.2 Å². The molecule has 0 bridgehead atoms. The Kier molecular flexibility index (Phi) is 2.15. The first-order valence-electron chi connectivity index (χ1n) is 6.51. The number of hydrogen-bond acceptors (Lipinski definition) is 2. The van der Waals surface area contributed by atoms with Gasteiger partial charge in [0.1, 0.15) is 11.5 Å². The molecule has 0 radical (unpaired) electrons. The highest BCUT2D eigenvalue weighted by atomic mass is 16.3. The van der Waals surface area contributed by atoms with Crippen LogP contribution in [0.3, 0.4) is 0 Å². The second-order valence-electron chi connectivity index (χ2n) is 4.98. The lowest BCUT2D eigenvalue weighted by molar-refractivity contribution is 0.434. The maximum Gasteiger partial charge on any atom is 0.131 e. The zero-order valence-electron chi connectivity index (χ0n) is 10.7. The fraction of sp³-hybridized carbons (Fsp3) is 0. The van der Waals surface area contributed by atoms with E-state index in [0.717, 1.165) is 32.3 Å². The van der Waals surface area contributed by atoms with Gasteiger partial charge in [-0.2, -0.15) is 0 Å². The van der Waals surface area contributed by atoms with Crippen LogP contribution in [0.4, 0.5) is 0 Å². The van der Waals surface area contributed by atoms with Crippen LogP contribution in [-0.4, -0.2) is 10.2 Å². The van der Waals surface area contributed by atoms with E-state index in [2.05, 4.69) is 0 Å². The largest absolute Gasteiger partial charge is 0.508 e. The fourth-order valence-electron chi connectivity index (χ4n) is 2.92. The fourth-order valence-corrected chi connectivity index (χ4v) is 2.92. The lowest BCUT2D eigenvalue weighted by Crippen LogP contribution is -2.07. The molecule has 1 aliphatic carbocycles. The highest BCUT2D eigenvalue weighted by Gasteiger charge is 2.13. The summed E-state index contributed by atoms with van der Waals surface area (Å²) >= 11 is 0. The summed E-state index contributed by atoms with van der Waals surface area (Å²) in [6.07, 6.45) is 6.86. The summed E-state index contributed by atoms with van der Waals surface area (Å²) < 4.78 is 0. The third-order valence-electron chi connectivity index (χ3n) is 3.84. The van der Waals surface area contributed by atoms with Gasteiger partial charge in [0.05, 0.1) is 0 Å². The van der Waals surface area contributed by atoms with E-state index in [1.807, 2.05) is 42.5 Å². The van der Waals surface area contributed by atoms with Crippen molar-refractivity contribution in [2.24, 2.45) is 0 Å². The molecule has 96 valence electrons. The summed E-state index contributed by atoms with van der Waals surface area (Å²) in [6.45, 7) is 0. The Hall–Kier alpha value is -2.74. The number of aromatic hydroxyl groups is 1. The van der Waals surface area contributed by atoms with E-state index >= 15 is 0 Å². The van der Waals surface area contributed by atoms with Crippen LogP contribution in [0.1, 0.15) is 5.56 Å². The number of hydrogen-bond donors (Lipinski definition) is 2. The van der Waals surface area contributed by atoms with E-state index < -0.39 is 0 Å². The molecule has 0 saturated carbocycles. The second-order valence-corrected chi connectivity index (χ2v) is 4.98. The number of rotatable bonds is 0. The van der Waals surface area contributed by atoms with Gasteiger partial charge in [0.25, 0.3) is 0 Å². The first kappa shape index (κ1) is 11.1. The lowest BCUT2D eigenvalue weighted by Gasteiger charge is -2.11. The van der Waals surface area contributed by atoms with Gasteiger partial charge in [-0.25, -0.2) is 0 Å². The molecule has 2 heteroatoms. The molecule has 0 unspecified atom stereocenters. The maximum atomic E-state index is 10.6. The van der Waals surface area contributed by atoms with Crippen molar-refractivity contribution < 1.29 is 10.2 Å². The van der Waals surface area contributed by atoms with Gasteiger partial charge in [0.2, 0.25) is 0 Å². The molecule has 4 rings (SSSR count). The summed E-state index contributed by atoms with van der Waals surface area (Å²) in [5.74, 6) is 0.448. The SMILES string of the molecule is OC1=CC=c2c(c(O)c3cccc4cccc2c43)C=C1. The van der Waals surface area contributed by atoms with Crippen LogP contribution in [-0.2, 0) is 0 Å². The van der Waals surface area contributed by atoms with Gasteiger partial charge < -0.3 is 10.2 Å². The summed E-state index contributed by atoms with van der Waals surface area (Å²) in [6, 6.07) is 12.0. The van der Waals surface area contributed by atoms with Crippen molar-refractivity contribution in [2.75, 3.05) is 0 Å². The van der Waals surface area contributed by atoms with Crippen LogP contribution in [0.5, 0.6) is 5.75 Å². The zero-order chi connectivity index (χ0) is 13.7. The molecule has 2 nitrogen and oxygen atoms in total. The Morgan fingerprint density at radius 3 is 2.30 bits per heavy atom. The molecule has 0 spiro atoms. The van der Waals surface area contributed by atoms with Crippen LogP contribution in [0.2, 0.25) is 0 Å². The zero-order valence-corrected chi connectivity index (χ0v) is 10.7. The molecule has 0 aliphatic heterocycles. The summed E-state index contributed by atoms with van der Waals surface area (Å²) in [5.41, 5.74) is 0.747. The maximum absolute atomic E-state index is 10.6. The lowest BCUT2D eigenvalue weighted by atomic mass is 9.94. The van der Waals surface area contributed by atoms with Crippen molar-refractivity contribution in [3.8, 4) is 5.75 Å². The van der Waals surface area contributed by atoms with Gasteiger partial charge in [-0.15, -0.1) is 0 Å². The monoisotopic (exact) mass is 260 g/mol. The van der Waals surface area contributed by atoms with Crippen LogP contribution >= 0.6 is 0 Å². The van der Waals surface area contributed by atoms with Gasteiger partial charge in [0.15, 0.2) is 0 Å². The molecule has 0 fully saturated rings. The molecular formula is C18H12O2. The van der Waals surface area contributed by atoms with Gasteiger partial charge in [-0.1, -0.05) is 36.4 Å². The van der Waals surface area contributed by atoms with Crippen molar-refractivity contribution in [1.82, 2.24) is 0 Å². The number of benzene rings is 3. The van der Waals surface area contributed by atoms with Gasteiger partial charge in [0, 0.05) is 16.3 Å². The molecule has 0 amide bonds. The molecule has 0 heterocycles. The third kappa shape index (κ3) is 1.39. The number of aliphatic hydroxyl groups is 1. The highest BCUT2D eigenvalue weighted by Crippen LogP contribution is 2.34. The first-order chi connectivity index (χ1) is 9.75. The van der Waals surface area contributed by atoms with Gasteiger partial charge >= 0.3 is 0 Å². The predicted octanol–water partition coefficient (Wildman–Crippen LogP) is 3.67. The molecular weight excluding hydrogens is 248 g/mol. The standard InChI is InChI=1S/C18H12O2/c19-12-7-9-13-14-5-1-3-11-4-2-6-16(17(11)14)18(20)15(13)10-8-12/h1-10,19-20H. The molecule has 1 aliphatic rings. The van der Waals surface area contributed by atoms with Crippen molar-refractivity contribution >= 4 is 33.7 Å². The van der Waals surface area contributed by atoms with E-state index in [1.165, 1.54) is 0 Å². The normalized spacial score (nSPS) is 13.9. The quantitative estimate of drug-likeness (QED) is 0.647. The van der Waals surface area contributed by atoms with Gasteiger partial charge in [-0.3, -0.25) is 0 Å². The minimum atomic E-state index is 0.184. The number of fused-ring (bicyclic) bond motifs is 2. The second kappa shape index (κ2) is 3.87. The van der Waals surface area contributed by atoms with Crippen molar-refractivity contribution in [2.45, 2.75) is 0 Å². The molecule has 0 atom stereocenters. The average Bonchev–Trinajstić information content (AvgIpc) is 2.67. The first-order valence-corrected chi connectivity index (χ1v) is 6.51. The topological polar surface area (TPSA) is 40.5 Å². The van der Waals surface area contributed by atoms with E-state index in [-0.39, 0.29) is 11.5 Å². The number of phenols is 1. The molecule has 3 aromatic carbocycles. The van der Waals surface area contributed by atoms with Crippen molar-refractivity contribution in [3.63, 3.8) is 0 Å². The van der Waals surface area contributed by atoms with Crippen LogP contribution in [0.15, 0.2) is 54.3 Å². The average molecular weight is 260 g/mol. The van der Waals surface area contributed by atoms with Crippen LogP contribution < -0.4 is 5.22 Å². The Morgan fingerprint density at radius 2 is 1.50 bits per heavy atom. The third-order valence-corrected chi connectivity index (χ3v) is 3.84. The minimum Gasteiger partial charge on any atom is -0.508 e. The smallest absolute Gasteiger partial charge is 0.131 e. The highest BCUT2D eigenvalue weighted by molar-refractivity contribution is 6.14. The summed E-state index contributed by atoms with van der Waals surface area (Å²) in [7, 11) is 0. The molecule has 0 saturated heterocycles. The molecule has 2 N–H and O–H groups in total. The number of aliphatic hydroxyl groups excluding tert-OH is 1. The summed E-state index contributed by atoms with van der Waals surface area (Å²) in [5, 5.41) is 25.3. The number of phenolic OH excluding ortho intramolecular Hbond substituents is 1. The summed E-state index contributed by atoms with van der Waals surface area (Å²) in [4.78, 5) is 0. The Morgan fingerprint density at radius 1 is 0.750 bits per heavy atom. The number of allylic oxidation sites excluding steroid dienone is 2. The van der Waals surface area contributed by atoms with E-state index in [1.54, 1.807) is 18.2 Å². The van der Waals surface area contributed by atoms with E-state index in [0.29, 0.717) is 0 Å². The minimum absolute atomic E-state index is 0.184. The van der Waals surface area contributed by atoms with Crippen LogP contribution in [0, 0.1) is 0 Å². The Balaban J connectivity index is 2.36. The molecule has 20 heavy (non-hydrogen) atoms. The predicted molar refractivity (Wildman–Crippen MR) is 82.5 cm³/mol. The van der Waals surface area contributed by atoms with Crippen molar-refractivity contribution in [1.29, 1.82) is 0 Å².